The summed E-state index contributed by atoms with van der Waals surface area (Å²) < 4.78 is 1.13. The fraction of sp³-hybridized carbons (Fsp3) is 0.294. The fourth-order valence-corrected chi connectivity index (χ4v) is 5.63. The van der Waals surface area contributed by atoms with Gasteiger partial charge < -0.3 is 0 Å². The van der Waals surface area contributed by atoms with Gasteiger partial charge in [0.2, 0.25) is 0 Å². The molecule has 0 aliphatic rings. The minimum Gasteiger partial charge on any atom is -0.126 e. The Bertz CT molecular complexity index is 536. The minimum atomic E-state index is 0.141. The lowest BCUT2D eigenvalue weighted by Gasteiger charge is -2.30. The van der Waals surface area contributed by atoms with Crippen LogP contribution in [-0.2, 0) is 5.41 Å². The van der Waals surface area contributed by atoms with Gasteiger partial charge in [-0.25, -0.2) is 0 Å². The number of thioether (sulfide) groups is 1. The Morgan fingerprint density at radius 1 is 0.857 bits per heavy atom. The smallest absolute Gasteiger partial charge is 0.0175 e. The number of benzene rings is 2. The average molecular weight is 493 g/mol. The van der Waals surface area contributed by atoms with Gasteiger partial charge in [0, 0.05) is 25.4 Å². The lowest BCUT2D eigenvalue weighted by atomic mass is 9.82. The monoisotopic (exact) mass is 490 g/mol. The van der Waals surface area contributed by atoms with Gasteiger partial charge in [-0.05, 0) is 42.0 Å². The number of alkyl halides is 2. The zero-order chi connectivity index (χ0) is 15.1. The summed E-state index contributed by atoms with van der Waals surface area (Å²) in [6.07, 6.45) is 1.13. The molecule has 0 bridgehead atoms. The molecule has 0 saturated heterocycles. The predicted octanol–water partition coefficient (Wildman–Crippen LogP) is 6.66. The highest BCUT2D eigenvalue weighted by molar-refractivity contribution is 9.10. The molecule has 21 heavy (non-hydrogen) atoms. The molecule has 0 atom stereocenters. The maximum absolute atomic E-state index is 3.72. The van der Waals surface area contributed by atoms with E-state index >= 15 is 0 Å². The molecule has 2 aromatic carbocycles. The lowest BCUT2D eigenvalue weighted by molar-refractivity contribution is 0.539. The molecule has 0 N–H and O–H groups in total. The Morgan fingerprint density at radius 2 is 1.48 bits per heavy atom. The summed E-state index contributed by atoms with van der Waals surface area (Å²) in [7, 11) is 0. The Balaban J connectivity index is 2.06. The summed E-state index contributed by atoms with van der Waals surface area (Å²) in [5.41, 5.74) is 1.52. The van der Waals surface area contributed by atoms with E-state index in [-0.39, 0.29) is 5.41 Å². The van der Waals surface area contributed by atoms with Gasteiger partial charge in [-0.15, -0.1) is 11.8 Å². The third kappa shape index (κ3) is 4.85. The molecule has 0 amide bonds. The highest BCUT2D eigenvalue weighted by Gasteiger charge is 2.29. The summed E-state index contributed by atoms with van der Waals surface area (Å²) in [6.45, 7) is 0. The minimum absolute atomic E-state index is 0.141. The van der Waals surface area contributed by atoms with Crippen LogP contribution < -0.4 is 0 Å². The van der Waals surface area contributed by atoms with Gasteiger partial charge in [0.05, 0.1) is 0 Å². The molecule has 0 radical (unpaired) electrons. The summed E-state index contributed by atoms with van der Waals surface area (Å²) in [6, 6.07) is 19.3. The van der Waals surface area contributed by atoms with E-state index in [1.54, 1.807) is 0 Å². The van der Waals surface area contributed by atoms with E-state index in [9.17, 15) is 0 Å². The van der Waals surface area contributed by atoms with Crippen molar-refractivity contribution in [3.05, 3.63) is 64.6 Å². The van der Waals surface area contributed by atoms with E-state index in [0.29, 0.717) is 0 Å². The molecule has 0 saturated carbocycles. The van der Waals surface area contributed by atoms with Gasteiger partial charge in [0.15, 0.2) is 0 Å². The van der Waals surface area contributed by atoms with Crippen molar-refractivity contribution in [2.24, 2.45) is 0 Å². The van der Waals surface area contributed by atoms with Crippen LogP contribution >= 0.6 is 59.6 Å². The highest BCUT2D eigenvalue weighted by Crippen LogP contribution is 2.35. The molecular weight excluding hydrogens is 476 g/mol. The van der Waals surface area contributed by atoms with Crippen LogP contribution in [0.5, 0.6) is 0 Å². The highest BCUT2D eigenvalue weighted by atomic mass is 79.9. The first kappa shape index (κ1) is 17.6. The van der Waals surface area contributed by atoms with Crippen molar-refractivity contribution >= 4 is 59.6 Å². The SMILES string of the molecule is BrCC(CBr)(CCSc1ccccc1)c1ccc(Br)cc1. The average Bonchev–Trinajstić information content (AvgIpc) is 2.54. The molecule has 4 heteroatoms. The van der Waals surface area contributed by atoms with Gasteiger partial charge in [-0.2, -0.15) is 0 Å². The Kier molecular flexibility index (Phi) is 7.33. The van der Waals surface area contributed by atoms with Crippen LogP contribution in [0.4, 0.5) is 0 Å². The lowest BCUT2D eigenvalue weighted by Crippen LogP contribution is -2.31. The largest absolute Gasteiger partial charge is 0.126 e. The van der Waals surface area contributed by atoms with E-state index in [1.165, 1.54) is 10.5 Å². The first-order chi connectivity index (χ1) is 10.2. The molecule has 0 aliphatic heterocycles. The fourth-order valence-electron chi connectivity index (χ4n) is 2.15. The molecule has 0 aliphatic carbocycles. The number of hydrogen-bond donors (Lipinski definition) is 0. The van der Waals surface area contributed by atoms with E-state index in [4.69, 9.17) is 0 Å². The topological polar surface area (TPSA) is 0 Å². The molecule has 0 spiro atoms. The van der Waals surface area contributed by atoms with Crippen molar-refractivity contribution in [3.8, 4) is 0 Å². The van der Waals surface area contributed by atoms with Gasteiger partial charge in [0.25, 0.3) is 0 Å². The predicted molar refractivity (Wildman–Crippen MR) is 105 cm³/mol. The van der Waals surface area contributed by atoms with Gasteiger partial charge >= 0.3 is 0 Å². The Labute approximate surface area is 156 Å². The second-order valence-corrected chi connectivity index (χ2v) is 8.17. The van der Waals surface area contributed by atoms with Crippen LogP contribution in [0, 0.1) is 0 Å². The molecule has 0 aromatic heterocycles. The third-order valence-corrected chi connectivity index (χ3v) is 7.25. The van der Waals surface area contributed by atoms with Crippen molar-refractivity contribution in [1.82, 2.24) is 0 Å². The Morgan fingerprint density at radius 3 is 2.05 bits per heavy atom. The van der Waals surface area contributed by atoms with Crippen LogP contribution in [-0.4, -0.2) is 16.4 Å². The van der Waals surface area contributed by atoms with Crippen LogP contribution in [0.3, 0.4) is 0 Å². The zero-order valence-corrected chi connectivity index (χ0v) is 17.1. The summed E-state index contributed by atoms with van der Waals surface area (Å²) >= 11 is 12.9. The summed E-state index contributed by atoms with van der Waals surface area (Å²) in [5, 5.41) is 1.92. The van der Waals surface area contributed by atoms with Crippen LogP contribution in [0.15, 0.2) is 64.0 Å². The molecule has 0 fully saturated rings. The Hall–Kier alpha value is 0.230. The number of hydrogen-bond acceptors (Lipinski definition) is 1. The first-order valence-corrected chi connectivity index (χ1v) is 10.8. The van der Waals surface area contributed by atoms with Crippen molar-refractivity contribution in [2.75, 3.05) is 16.4 Å². The van der Waals surface area contributed by atoms with Crippen LogP contribution in [0.2, 0.25) is 0 Å². The quantitative estimate of drug-likeness (QED) is 0.307. The third-order valence-electron chi connectivity index (χ3n) is 3.56. The zero-order valence-electron chi connectivity index (χ0n) is 11.6. The standard InChI is InChI=1S/C17H17Br3S/c18-12-17(13-19,14-6-8-15(20)9-7-14)10-11-21-16-4-2-1-3-5-16/h1-9H,10-13H2. The maximum atomic E-state index is 3.72. The normalized spacial score (nSPS) is 11.6. The number of halogens is 3. The van der Waals surface area contributed by atoms with Crippen molar-refractivity contribution in [3.63, 3.8) is 0 Å². The molecule has 0 heterocycles. The van der Waals surface area contributed by atoms with Crippen molar-refractivity contribution < 1.29 is 0 Å². The summed E-state index contributed by atoms with van der Waals surface area (Å²) in [5.74, 6) is 1.11. The van der Waals surface area contributed by atoms with Gasteiger partial charge in [-0.3, -0.25) is 0 Å². The van der Waals surface area contributed by atoms with E-state index < -0.39 is 0 Å². The molecule has 0 nitrogen and oxygen atoms in total. The maximum Gasteiger partial charge on any atom is 0.0175 e. The molecule has 2 rings (SSSR count). The van der Waals surface area contributed by atoms with Crippen LogP contribution in [0.25, 0.3) is 0 Å². The number of rotatable bonds is 7. The first-order valence-electron chi connectivity index (χ1n) is 6.76. The van der Waals surface area contributed by atoms with Crippen molar-refractivity contribution in [2.45, 2.75) is 16.7 Å². The second kappa shape index (κ2) is 8.76. The van der Waals surface area contributed by atoms with E-state index in [1.807, 2.05) is 11.8 Å². The molecule has 2 aromatic rings. The van der Waals surface area contributed by atoms with Gasteiger partial charge in [0.1, 0.15) is 0 Å². The second-order valence-electron chi connectivity index (χ2n) is 4.97. The van der Waals surface area contributed by atoms with E-state index in [2.05, 4.69) is 102 Å². The molecular formula is C17H17Br3S. The van der Waals surface area contributed by atoms with E-state index in [0.717, 1.165) is 27.3 Å². The summed E-state index contributed by atoms with van der Waals surface area (Å²) in [4.78, 5) is 1.34. The van der Waals surface area contributed by atoms with Gasteiger partial charge in [-0.1, -0.05) is 78.1 Å². The van der Waals surface area contributed by atoms with Crippen molar-refractivity contribution in [1.29, 1.82) is 0 Å². The molecule has 0 unspecified atom stereocenters. The van der Waals surface area contributed by atoms with Crippen LogP contribution in [0.1, 0.15) is 12.0 Å². The molecule has 112 valence electrons.